The predicted molar refractivity (Wildman–Crippen MR) is 62.1 cm³/mol. The van der Waals surface area contributed by atoms with Gasteiger partial charge in [-0.2, -0.15) is 0 Å². The number of nitrogens with one attached hydrogen (secondary N) is 1. The Kier molecular flexibility index (Phi) is 3.15. The van der Waals surface area contributed by atoms with Crippen molar-refractivity contribution in [2.75, 3.05) is 18.5 Å². The molecule has 0 fully saturated rings. The van der Waals surface area contributed by atoms with E-state index < -0.39 is 5.97 Å². The average Bonchev–Trinajstić information content (AvgIpc) is 2.35. The van der Waals surface area contributed by atoms with Gasteiger partial charge in [0.05, 0.1) is 17.7 Å². The molecule has 1 heterocycles. The molecule has 88 valence electrons. The quantitative estimate of drug-likeness (QED) is 0.720. The van der Waals surface area contributed by atoms with Crippen LogP contribution in [0.15, 0.2) is 24.5 Å². The number of carboxylic acid groups (broad SMARTS) is 1. The number of aliphatic hydroxyl groups excluding tert-OH is 1. The molecule has 0 saturated carbocycles. The van der Waals surface area contributed by atoms with Crippen LogP contribution in [-0.2, 0) is 0 Å². The molecular formula is C11H11N3O3. The summed E-state index contributed by atoms with van der Waals surface area (Å²) in [6.45, 7) is 0.380. The molecule has 0 radical (unpaired) electrons. The average molecular weight is 233 g/mol. The first-order chi connectivity index (χ1) is 8.22. The molecule has 0 aliphatic carbocycles. The van der Waals surface area contributed by atoms with Crippen molar-refractivity contribution in [3.8, 4) is 0 Å². The molecule has 6 nitrogen and oxygen atoms in total. The number of fused-ring (bicyclic) bond motifs is 1. The van der Waals surface area contributed by atoms with Gasteiger partial charge in [0.15, 0.2) is 0 Å². The molecule has 0 spiro atoms. The highest BCUT2D eigenvalue weighted by Crippen LogP contribution is 2.20. The van der Waals surface area contributed by atoms with E-state index in [0.717, 1.165) is 5.39 Å². The summed E-state index contributed by atoms with van der Waals surface area (Å²) in [6.07, 6.45) is 1.35. The van der Waals surface area contributed by atoms with Gasteiger partial charge in [0, 0.05) is 11.9 Å². The largest absolute Gasteiger partial charge is 0.478 e. The zero-order valence-corrected chi connectivity index (χ0v) is 8.92. The third-order valence-corrected chi connectivity index (χ3v) is 2.29. The smallest absolute Gasteiger partial charge is 0.335 e. The molecule has 0 unspecified atom stereocenters. The van der Waals surface area contributed by atoms with Gasteiger partial charge in [-0.1, -0.05) is 0 Å². The monoisotopic (exact) mass is 233 g/mol. The lowest BCUT2D eigenvalue weighted by atomic mass is 10.1. The first-order valence-electron chi connectivity index (χ1n) is 5.05. The van der Waals surface area contributed by atoms with Gasteiger partial charge >= 0.3 is 5.97 Å². The van der Waals surface area contributed by atoms with E-state index in [4.69, 9.17) is 10.2 Å². The molecule has 0 atom stereocenters. The maximum Gasteiger partial charge on any atom is 0.335 e. The summed E-state index contributed by atoms with van der Waals surface area (Å²) in [5, 5.41) is 21.3. The second-order valence-corrected chi connectivity index (χ2v) is 3.41. The summed E-state index contributed by atoms with van der Waals surface area (Å²) in [6, 6.07) is 4.64. The number of anilines is 1. The second kappa shape index (κ2) is 4.75. The highest BCUT2D eigenvalue weighted by Gasteiger charge is 2.07. The molecule has 0 amide bonds. The number of aromatic carboxylic acids is 1. The third-order valence-electron chi connectivity index (χ3n) is 2.29. The van der Waals surface area contributed by atoms with Gasteiger partial charge in [-0.05, 0) is 18.2 Å². The molecule has 2 aromatic rings. The lowest BCUT2D eigenvalue weighted by Gasteiger charge is -2.06. The minimum atomic E-state index is -0.990. The minimum Gasteiger partial charge on any atom is -0.478 e. The summed E-state index contributed by atoms with van der Waals surface area (Å²) in [5.74, 6) is -0.406. The van der Waals surface area contributed by atoms with Crippen molar-refractivity contribution >= 4 is 22.7 Å². The molecule has 0 aliphatic rings. The maximum absolute atomic E-state index is 10.8. The van der Waals surface area contributed by atoms with Crippen molar-refractivity contribution < 1.29 is 15.0 Å². The Bertz CT molecular complexity index is 557. The zero-order chi connectivity index (χ0) is 12.3. The van der Waals surface area contributed by atoms with Gasteiger partial charge in [-0.25, -0.2) is 14.8 Å². The molecule has 1 aromatic carbocycles. The van der Waals surface area contributed by atoms with E-state index in [2.05, 4.69) is 15.3 Å². The van der Waals surface area contributed by atoms with Crippen LogP contribution in [0.1, 0.15) is 10.4 Å². The van der Waals surface area contributed by atoms with Gasteiger partial charge in [-0.15, -0.1) is 0 Å². The summed E-state index contributed by atoms with van der Waals surface area (Å²) < 4.78 is 0. The Morgan fingerprint density at radius 3 is 2.88 bits per heavy atom. The van der Waals surface area contributed by atoms with E-state index in [1.54, 1.807) is 6.07 Å². The van der Waals surface area contributed by atoms with Crippen LogP contribution >= 0.6 is 0 Å². The Labute approximate surface area is 96.9 Å². The van der Waals surface area contributed by atoms with Gasteiger partial charge in [0.2, 0.25) is 0 Å². The molecule has 2 rings (SSSR count). The summed E-state index contributed by atoms with van der Waals surface area (Å²) in [7, 11) is 0. The van der Waals surface area contributed by atoms with E-state index in [9.17, 15) is 4.79 Å². The zero-order valence-electron chi connectivity index (χ0n) is 8.92. The van der Waals surface area contributed by atoms with Gasteiger partial charge in [-0.3, -0.25) is 0 Å². The first kappa shape index (κ1) is 11.3. The van der Waals surface area contributed by atoms with Crippen molar-refractivity contribution in [3.63, 3.8) is 0 Å². The van der Waals surface area contributed by atoms with Crippen LogP contribution in [0.25, 0.3) is 10.9 Å². The number of hydrogen-bond donors (Lipinski definition) is 3. The normalized spacial score (nSPS) is 10.4. The number of carbonyl (C=O) groups is 1. The van der Waals surface area contributed by atoms with Crippen molar-refractivity contribution in [1.82, 2.24) is 9.97 Å². The van der Waals surface area contributed by atoms with Crippen LogP contribution in [0, 0.1) is 0 Å². The van der Waals surface area contributed by atoms with Crippen molar-refractivity contribution in [2.45, 2.75) is 0 Å². The molecule has 3 N–H and O–H groups in total. The van der Waals surface area contributed by atoms with Crippen molar-refractivity contribution in [1.29, 1.82) is 0 Å². The van der Waals surface area contributed by atoms with E-state index in [1.807, 2.05) is 0 Å². The van der Waals surface area contributed by atoms with E-state index in [-0.39, 0.29) is 12.2 Å². The molecule has 17 heavy (non-hydrogen) atoms. The van der Waals surface area contributed by atoms with Gasteiger partial charge in [0.1, 0.15) is 12.1 Å². The number of rotatable bonds is 4. The Morgan fingerprint density at radius 1 is 1.35 bits per heavy atom. The second-order valence-electron chi connectivity index (χ2n) is 3.41. The highest BCUT2D eigenvalue weighted by atomic mass is 16.4. The minimum absolute atomic E-state index is 0.00128. The molecule has 0 bridgehead atoms. The lowest BCUT2D eigenvalue weighted by molar-refractivity contribution is 0.0697. The fourth-order valence-corrected chi connectivity index (χ4v) is 1.51. The predicted octanol–water partition coefficient (Wildman–Crippen LogP) is 0.732. The number of benzene rings is 1. The Hall–Kier alpha value is -2.21. The van der Waals surface area contributed by atoms with Crippen molar-refractivity contribution in [2.24, 2.45) is 0 Å². The fourth-order valence-electron chi connectivity index (χ4n) is 1.51. The fraction of sp³-hybridized carbons (Fsp3) is 0.182. The SMILES string of the molecule is O=C(O)c1ccc2c(NCCO)ncnc2c1. The van der Waals surface area contributed by atoms with Crippen LogP contribution in [0.4, 0.5) is 5.82 Å². The Balaban J connectivity index is 2.47. The van der Waals surface area contributed by atoms with Crippen molar-refractivity contribution in [3.05, 3.63) is 30.1 Å². The van der Waals surface area contributed by atoms with Gasteiger partial charge in [0.25, 0.3) is 0 Å². The van der Waals surface area contributed by atoms with Crippen LogP contribution in [0.5, 0.6) is 0 Å². The Morgan fingerprint density at radius 2 is 2.18 bits per heavy atom. The van der Waals surface area contributed by atoms with E-state index in [1.165, 1.54) is 18.5 Å². The molecule has 0 aliphatic heterocycles. The molecule has 6 heteroatoms. The number of aliphatic hydroxyl groups is 1. The topological polar surface area (TPSA) is 95.3 Å². The van der Waals surface area contributed by atoms with Crippen LogP contribution in [0.2, 0.25) is 0 Å². The lowest BCUT2D eigenvalue weighted by Crippen LogP contribution is -2.07. The molecular weight excluding hydrogens is 222 g/mol. The van der Waals surface area contributed by atoms with Gasteiger partial charge < -0.3 is 15.5 Å². The summed E-state index contributed by atoms with van der Waals surface area (Å²) >= 11 is 0. The number of carboxylic acids is 1. The van der Waals surface area contributed by atoms with Crippen LogP contribution in [0.3, 0.4) is 0 Å². The number of aromatic nitrogens is 2. The highest BCUT2D eigenvalue weighted by molar-refractivity contribution is 5.96. The number of hydrogen-bond acceptors (Lipinski definition) is 5. The summed E-state index contributed by atoms with van der Waals surface area (Å²) in [4.78, 5) is 18.9. The van der Waals surface area contributed by atoms with Crippen LogP contribution in [-0.4, -0.2) is 39.3 Å². The maximum atomic E-state index is 10.8. The first-order valence-corrected chi connectivity index (χ1v) is 5.05. The summed E-state index contributed by atoms with van der Waals surface area (Å²) in [5.41, 5.74) is 0.740. The van der Waals surface area contributed by atoms with E-state index in [0.29, 0.717) is 17.9 Å². The molecule has 1 aromatic heterocycles. The van der Waals surface area contributed by atoms with Crippen LogP contribution < -0.4 is 5.32 Å². The third kappa shape index (κ3) is 2.31. The van der Waals surface area contributed by atoms with E-state index >= 15 is 0 Å². The number of nitrogens with zero attached hydrogens (tertiary/aromatic N) is 2. The standard InChI is InChI=1S/C11H11N3O3/c15-4-3-12-10-8-2-1-7(11(16)17)5-9(8)13-6-14-10/h1-2,5-6,15H,3-4H2,(H,16,17)(H,12,13,14). The molecule has 0 saturated heterocycles.